The summed E-state index contributed by atoms with van der Waals surface area (Å²) in [6, 6.07) is -0.814. The Bertz CT molecular complexity index is 927. The maximum atomic E-state index is 11.7. The number of anilines is 1. The van der Waals surface area contributed by atoms with E-state index in [9.17, 15) is 14.3 Å². The number of aromatic nitrogens is 4. The van der Waals surface area contributed by atoms with E-state index in [1.54, 1.807) is 0 Å². The van der Waals surface area contributed by atoms with Crippen LogP contribution in [0, 0.1) is 0 Å². The summed E-state index contributed by atoms with van der Waals surface area (Å²) >= 11 is 0. The number of ether oxygens (including phenoxy) is 1. The quantitative estimate of drug-likeness (QED) is 0.268. The van der Waals surface area contributed by atoms with Gasteiger partial charge in [0.25, 0.3) is 5.56 Å². The molecule has 0 amide bonds. The molecule has 1 saturated heterocycles. The first-order chi connectivity index (χ1) is 11.3. The van der Waals surface area contributed by atoms with Gasteiger partial charge >= 0.3 is 0 Å². The fraction of sp³-hybridized carbons (Fsp3) is 0.500. The largest absolute Gasteiger partial charge is 0.777 e. The highest BCUT2D eigenvalue weighted by Crippen LogP contribution is 2.45. The SMILES string of the molecule is [N-]=[N+]=NC1CC(P(=O)([O-])O)OC1Cn1cnc2c(=O)[nH]c(N)nc21. The summed E-state index contributed by atoms with van der Waals surface area (Å²) in [5, 5.41) is 3.50. The highest BCUT2D eigenvalue weighted by atomic mass is 31.2. The highest BCUT2D eigenvalue weighted by molar-refractivity contribution is 7.50. The number of nitrogens with zero attached hydrogens (tertiary/aromatic N) is 6. The van der Waals surface area contributed by atoms with Crippen LogP contribution in [0.15, 0.2) is 16.2 Å². The predicted octanol–water partition coefficient (Wildman–Crippen LogP) is -0.959. The zero-order valence-corrected chi connectivity index (χ0v) is 12.9. The third kappa shape index (κ3) is 2.98. The van der Waals surface area contributed by atoms with Gasteiger partial charge in [0.2, 0.25) is 5.95 Å². The summed E-state index contributed by atoms with van der Waals surface area (Å²) < 4.78 is 18.0. The third-order valence-electron chi connectivity index (χ3n) is 3.64. The van der Waals surface area contributed by atoms with Crippen molar-refractivity contribution in [2.45, 2.75) is 31.0 Å². The number of H-pyrrole nitrogens is 1. The maximum Gasteiger partial charge on any atom is 0.280 e. The molecule has 24 heavy (non-hydrogen) atoms. The standard InChI is InChI=1S/C10H13N8O5P/c11-10-14-8-7(9(19)15-10)13-3-18(8)2-5-4(16-17-12)1-6(23-5)24(20,21)22/h3-6H,1-2H2,(H2,20,21,22)(H3,11,14,15,19)/p-1. The van der Waals surface area contributed by atoms with Crippen LogP contribution >= 0.6 is 7.60 Å². The van der Waals surface area contributed by atoms with E-state index >= 15 is 0 Å². The zero-order valence-electron chi connectivity index (χ0n) is 12.0. The summed E-state index contributed by atoms with van der Waals surface area (Å²) in [5.41, 5.74) is 13.8. The Balaban J connectivity index is 1.93. The molecule has 13 nitrogen and oxygen atoms in total. The number of nitrogens with one attached hydrogen (secondary N) is 1. The molecule has 3 rings (SSSR count). The van der Waals surface area contributed by atoms with Crippen molar-refractivity contribution in [2.75, 3.05) is 5.73 Å². The lowest BCUT2D eigenvalue weighted by molar-refractivity contribution is -0.204. The van der Waals surface area contributed by atoms with Crippen LogP contribution in [0.2, 0.25) is 0 Å². The maximum absolute atomic E-state index is 11.7. The molecular weight excluding hydrogens is 343 g/mol. The second kappa shape index (κ2) is 5.89. The Kier molecular flexibility index (Phi) is 4.03. The second-order valence-corrected chi connectivity index (χ2v) is 6.93. The first kappa shape index (κ1) is 16.4. The predicted molar refractivity (Wildman–Crippen MR) is 78.6 cm³/mol. The Morgan fingerprint density at radius 1 is 1.71 bits per heavy atom. The van der Waals surface area contributed by atoms with Gasteiger partial charge in [-0.3, -0.25) is 9.78 Å². The summed E-state index contributed by atoms with van der Waals surface area (Å²) in [5.74, 6) is -1.57. The van der Waals surface area contributed by atoms with Crippen molar-refractivity contribution in [3.63, 3.8) is 0 Å². The van der Waals surface area contributed by atoms with E-state index in [0.717, 1.165) is 0 Å². The van der Waals surface area contributed by atoms with Crippen molar-refractivity contribution in [3.8, 4) is 0 Å². The molecule has 0 aliphatic carbocycles. The first-order valence-corrected chi connectivity index (χ1v) is 8.38. The molecule has 4 atom stereocenters. The van der Waals surface area contributed by atoms with Crippen molar-refractivity contribution < 1.29 is 19.1 Å². The van der Waals surface area contributed by atoms with Gasteiger partial charge in [-0.1, -0.05) is 5.11 Å². The molecule has 14 heteroatoms. The molecule has 1 aliphatic heterocycles. The van der Waals surface area contributed by atoms with E-state index in [2.05, 4.69) is 25.0 Å². The van der Waals surface area contributed by atoms with Crippen molar-refractivity contribution >= 4 is 24.7 Å². The van der Waals surface area contributed by atoms with Crippen LogP contribution in [0.3, 0.4) is 0 Å². The fourth-order valence-electron chi connectivity index (χ4n) is 2.57. The number of azide groups is 1. The van der Waals surface area contributed by atoms with Crippen LogP contribution in [0.5, 0.6) is 0 Å². The average molecular weight is 355 g/mol. The summed E-state index contributed by atoms with van der Waals surface area (Å²) in [7, 11) is -4.74. The molecule has 2 aromatic rings. The van der Waals surface area contributed by atoms with Crippen LogP contribution in [0.25, 0.3) is 21.6 Å². The Hall–Kier alpha value is -2.43. The summed E-state index contributed by atoms with van der Waals surface area (Å²) in [6.45, 7) is 0.00653. The van der Waals surface area contributed by atoms with Crippen molar-refractivity contribution in [1.82, 2.24) is 19.5 Å². The van der Waals surface area contributed by atoms with Crippen molar-refractivity contribution in [3.05, 3.63) is 27.1 Å². The Labute approximate surface area is 133 Å². The minimum Gasteiger partial charge on any atom is -0.777 e. The normalized spacial score (nSPS) is 26.2. The third-order valence-corrected chi connectivity index (χ3v) is 4.70. The highest BCUT2D eigenvalue weighted by Gasteiger charge is 2.39. The monoisotopic (exact) mass is 355 g/mol. The molecule has 1 aliphatic rings. The topological polar surface area (TPSA) is 208 Å². The molecule has 0 saturated carbocycles. The molecule has 4 unspecified atom stereocenters. The van der Waals surface area contributed by atoms with Gasteiger partial charge in [0, 0.05) is 4.91 Å². The molecular formula is C10H12N8O5P-. The van der Waals surface area contributed by atoms with Gasteiger partial charge in [0.15, 0.2) is 18.8 Å². The first-order valence-electron chi connectivity index (χ1n) is 6.73. The number of rotatable bonds is 4. The van der Waals surface area contributed by atoms with Crippen molar-refractivity contribution in [2.24, 2.45) is 5.11 Å². The zero-order chi connectivity index (χ0) is 17.5. The van der Waals surface area contributed by atoms with Crippen LogP contribution < -0.4 is 16.2 Å². The van der Waals surface area contributed by atoms with E-state index in [-0.39, 0.29) is 30.1 Å². The van der Waals surface area contributed by atoms with Gasteiger partial charge in [0.1, 0.15) is 5.85 Å². The van der Waals surface area contributed by atoms with E-state index in [4.69, 9.17) is 20.9 Å². The number of hydrogen-bond acceptors (Lipinski definition) is 8. The van der Waals surface area contributed by atoms with Gasteiger partial charge in [0.05, 0.1) is 25.0 Å². The summed E-state index contributed by atoms with van der Waals surface area (Å²) in [6.07, 6.45) is 0.292. The van der Waals surface area contributed by atoms with E-state index < -0.39 is 31.1 Å². The average Bonchev–Trinajstić information content (AvgIpc) is 3.05. The van der Waals surface area contributed by atoms with Crippen molar-refractivity contribution in [1.29, 1.82) is 0 Å². The minimum atomic E-state index is -4.74. The van der Waals surface area contributed by atoms with E-state index in [1.165, 1.54) is 10.9 Å². The molecule has 0 aromatic carbocycles. The molecule has 3 heterocycles. The molecule has 4 N–H and O–H groups in total. The van der Waals surface area contributed by atoms with Gasteiger partial charge in [-0.15, -0.1) is 0 Å². The Morgan fingerprint density at radius 2 is 2.46 bits per heavy atom. The minimum absolute atomic E-state index is 0.00653. The van der Waals surface area contributed by atoms with Crippen LogP contribution in [-0.4, -0.2) is 42.4 Å². The lowest BCUT2D eigenvalue weighted by Gasteiger charge is -2.23. The Morgan fingerprint density at radius 3 is 3.12 bits per heavy atom. The number of aromatic amines is 1. The molecule has 128 valence electrons. The van der Waals surface area contributed by atoms with Gasteiger partial charge in [-0.05, 0) is 12.0 Å². The molecule has 0 spiro atoms. The lowest BCUT2D eigenvalue weighted by Crippen LogP contribution is -2.25. The van der Waals surface area contributed by atoms with Crippen LogP contribution in [0.1, 0.15) is 6.42 Å². The van der Waals surface area contributed by atoms with Crippen LogP contribution in [-0.2, 0) is 15.8 Å². The fourth-order valence-corrected chi connectivity index (χ4v) is 3.36. The lowest BCUT2D eigenvalue weighted by atomic mass is 10.1. The number of fused-ring (bicyclic) bond motifs is 1. The van der Waals surface area contributed by atoms with Gasteiger partial charge in [-0.25, -0.2) is 4.98 Å². The van der Waals surface area contributed by atoms with E-state index in [0.29, 0.717) is 0 Å². The van der Waals surface area contributed by atoms with E-state index in [1.807, 2.05) is 0 Å². The molecule has 2 aromatic heterocycles. The number of imidazole rings is 1. The number of hydrogen-bond donors (Lipinski definition) is 3. The number of nitrogens with two attached hydrogens (primary N) is 1. The molecule has 1 fully saturated rings. The molecule has 0 radical (unpaired) electrons. The van der Waals surface area contributed by atoms with Crippen LogP contribution in [0.4, 0.5) is 5.95 Å². The van der Waals surface area contributed by atoms with Gasteiger partial charge < -0.3 is 29.4 Å². The number of nitrogen functional groups attached to an aromatic ring is 1. The van der Waals surface area contributed by atoms with Gasteiger partial charge in [-0.2, -0.15) is 4.98 Å². The second-order valence-electron chi connectivity index (χ2n) is 5.22. The molecule has 0 bridgehead atoms. The summed E-state index contributed by atoms with van der Waals surface area (Å²) in [4.78, 5) is 45.0. The smallest absolute Gasteiger partial charge is 0.280 e.